The maximum Gasteiger partial charge on any atom is 0.219 e. The molecule has 1 aromatic heterocycles. The summed E-state index contributed by atoms with van der Waals surface area (Å²) in [6.07, 6.45) is 6.96. The van der Waals surface area contributed by atoms with Crippen LogP contribution in [0.3, 0.4) is 0 Å². The lowest BCUT2D eigenvalue weighted by Crippen LogP contribution is -2.57. The van der Waals surface area contributed by atoms with E-state index in [0.29, 0.717) is 44.5 Å². The second-order valence-electron chi connectivity index (χ2n) is 13.7. The molecule has 1 aliphatic heterocycles. The van der Waals surface area contributed by atoms with Gasteiger partial charge in [0.05, 0.1) is 16.6 Å². The fraction of sp³-hybridized carbons (Fsp3) is 0.514. The Hall–Kier alpha value is -2.84. The van der Waals surface area contributed by atoms with Gasteiger partial charge in [0.1, 0.15) is 0 Å². The van der Waals surface area contributed by atoms with Crippen LogP contribution in [0, 0.1) is 5.41 Å². The van der Waals surface area contributed by atoms with Gasteiger partial charge in [-0.15, -0.1) is 11.3 Å². The minimum Gasteiger partial charge on any atom is -0.393 e. The zero-order chi connectivity index (χ0) is 31.1. The van der Waals surface area contributed by atoms with Gasteiger partial charge in [-0.1, -0.05) is 48.9 Å². The summed E-state index contributed by atoms with van der Waals surface area (Å²) >= 11 is 1.53. The maximum absolute atomic E-state index is 14.4. The molecule has 1 saturated heterocycles. The summed E-state index contributed by atoms with van der Waals surface area (Å²) in [6.45, 7) is 9.48. The number of hydrogen-bond acceptors (Lipinski definition) is 6. The molecule has 234 valence electrons. The number of β-amino-alcohol motifs (C(OH)–C–C–N with tert-alkyl or cyclic N) is 1. The number of benzene rings is 2. The molecule has 4 aliphatic rings. The molecular weight excluding hydrogens is 568 g/mol. The van der Waals surface area contributed by atoms with Gasteiger partial charge in [-0.3, -0.25) is 14.5 Å². The summed E-state index contributed by atoms with van der Waals surface area (Å²) < 4.78 is 1.10. The van der Waals surface area contributed by atoms with Crippen LogP contribution in [0.2, 0.25) is 0 Å². The summed E-state index contributed by atoms with van der Waals surface area (Å²) in [4.78, 5) is 31.3. The molecule has 4 atom stereocenters. The van der Waals surface area contributed by atoms with Crippen LogP contribution in [-0.2, 0) is 11.2 Å². The van der Waals surface area contributed by atoms with E-state index in [1.807, 2.05) is 29.2 Å². The molecule has 2 heterocycles. The van der Waals surface area contributed by atoms with Gasteiger partial charge in [0.25, 0.3) is 0 Å². The van der Waals surface area contributed by atoms with Crippen molar-refractivity contribution in [2.45, 2.75) is 83.3 Å². The number of piperazine rings is 1. The summed E-state index contributed by atoms with van der Waals surface area (Å²) in [6, 6.07) is 16.4. The largest absolute Gasteiger partial charge is 0.393 e. The maximum atomic E-state index is 14.4. The van der Waals surface area contributed by atoms with E-state index >= 15 is 0 Å². The zero-order valence-corrected chi connectivity index (χ0v) is 27.2. The molecule has 44 heavy (non-hydrogen) atoms. The number of hydrogen-bond donors (Lipinski definition) is 2. The van der Waals surface area contributed by atoms with Gasteiger partial charge >= 0.3 is 0 Å². The molecule has 2 bridgehead atoms. The molecule has 2 aromatic carbocycles. The Morgan fingerprint density at radius 2 is 1.80 bits per heavy atom. The molecule has 3 aromatic rings. The summed E-state index contributed by atoms with van der Waals surface area (Å²) in [5.41, 5.74) is 2.59. The number of ketones is 1. The quantitative estimate of drug-likeness (QED) is 0.265. The molecule has 7 rings (SSSR count). The molecule has 0 spiro atoms. The highest BCUT2D eigenvalue weighted by Crippen LogP contribution is 2.59. The van der Waals surface area contributed by atoms with Crippen molar-refractivity contribution in [2.24, 2.45) is 5.41 Å². The van der Waals surface area contributed by atoms with Crippen molar-refractivity contribution < 1.29 is 19.8 Å². The van der Waals surface area contributed by atoms with E-state index in [0.717, 1.165) is 64.9 Å². The second kappa shape index (κ2) is 12.5. The predicted molar refractivity (Wildman–Crippen MR) is 177 cm³/mol. The third kappa shape index (κ3) is 6.04. The van der Waals surface area contributed by atoms with Gasteiger partial charge in [-0.05, 0) is 92.5 Å². The highest BCUT2D eigenvalue weighted by atomic mass is 32.1. The molecular formula is C37H46N2O4S. The van der Waals surface area contributed by atoms with Crippen molar-refractivity contribution in [1.29, 1.82) is 0 Å². The molecule has 0 radical (unpaired) electrons. The van der Waals surface area contributed by atoms with Gasteiger partial charge < -0.3 is 15.1 Å². The zero-order valence-electron chi connectivity index (χ0n) is 26.3. The number of aliphatic hydroxyl groups excluding tert-OH is 1. The Morgan fingerprint density at radius 3 is 2.55 bits per heavy atom. The number of carbonyl (C=O) groups is 2. The van der Waals surface area contributed by atoms with Crippen molar-refractivity contribution in [1.82, 2.24) is 9.80 Å². The Balaban J connectivity index is 1.40. The smallest absolute Gasteiger partial charge is 0.219 e. The first-order chi connectivity index (χ1) is 21.1. The first kappa shape index (κ1) is 31.2. The van der Waals surface area contributed by atoms with Crippen molar-refractivity contribution >= 4 is 33.1 Å². The first-order valence-electron chi connectivity index (χ1n) is 16.3. The number of rotatable bonds is 4. The van der Waals surface area contributed by atoms with Gasteiger partial charge in [0.15, 0.2) is 0 Å². The normalized spacial score (nSPS) is 28.5. The number of aliphatic hydroxyl groups is 2. The number of nitrogens with zero attached hydrogens (tertiary/aromatic N) is 2. The lowest BCUT2D eigenvalue weighted by molar-refractivity contribution is -0.132. The molecule has 4 unspecified atom stereocenters. The molecule has 1 amide bonds. The lowest BCUT2D eigenvalue weighted by Gasteiger charge is -2.47. The van der Waals surface area contributed by atoms with Crippen molar-refractivity contribution in [3.63, 3.8) is 0 Å². The van der Waals surface area contributed by atoms with Gasteiger partial charge in [-0.2, -0.15) is 0 Å². The van der Waals surface area contributed by atoms with Crippen LogP contribution in [0.15, 0.2) is 60.2 Å². The van der Waals surface area contributed by atoms with Crippen LogP contribution < -0.4 is 0 Å². The molecule has 1 saturated carbocycles. The number of thiophene rings is 1. The average Bonchev–Trinajstić information content (AvgIpc) is 3.54. The Morgan fingerprint density at radius 1 is 1.02 bits per heavy atom. The van der Waals surface area contributed by atoms with E-state index in [9.17, 15) is 19.8 Å². The summed E-state index contributed by atoms with van der Waals surface area (Å²) in [5, 5.41) is 24.6. The van der Waals surface area contributed by atoms with E-state index in [2.05, 4.69) is 49.1 Å². The minimum absolute atomic E-state index is 0.00922. The van der Waals surface area contributed by atoms with Crippen molar-refractivity contribution in [3.05, 3.63) is 81.7 Å². The number of carbonyl (C=O) groups excluding carboxylic acids is 2. The molecule has 6 nitrogen and oxygen atoms in total. The highest BCUT2D eigenvalue weighted by Gasteiger charge is 2.57. The van der Waals surface area contributed by atoms with Crippen LogP contribution >= 0.6 is 11.3 Å². The third-order valence-electron chi connectivity index (χ3n) is 10.9. The summed E-state index contributed by atoms with van der Waals surface area (Å²) in [7, 11) is 0. The van der Waals surface area contributed by atoms with E-state index < -0.39 is 17.1 Å². The van der Waals surface area contributed by atoms with Crippen molar-refractivity contribution in [2.75, 3.05) is 32.7 Å². The number of allylic oxidation sites excluding steroid dienone is 2. The molecule has 7 heteroatoms. The van der Waals surface area contributed by atoms with Crippen LogP contribution in [0.1, 0.15) is 91.6 Å². The highest BCUT2D eigenvalue weighted by molar-refractivity contribution is 7.21. The van der Waals surface area contributed by atoms with Crippen molar-refractivity contribution in [3.8, 4) is 0 Å². The monoisotopic (exact) mass is 614 g/mol. The fourth-order valence-electron chi connectivity index (χ4n) is 8.01. The Labute approximate surface area is 265 Å². The standard InChI is InChI=1S/C37H46N2O4S/c1-25-7-6-15-36(3)32(14-16-37(36,43)24-38-17-19-39(20-18-38)26(2)40)30-13-11-27(21-29(41)12-10-25)22-31(30)35(42)34-23-28-8-4-5-9-33(28)44-34/h4-5,7-9,11,13,22-23,29,32,41,43H,6,10,12,14-21,24H2,1-3H3. The lowest BCUT2D eigenvalue weighted by atomic mass is 9.64. The predicted octanol–water partition coefficient (Wildman–Crippen LogP) is 6.33. The minimum atomic E-state index is -0.929. The van der Waals surface area contributed by atoms with Crippen LogP contribution in [0.25, 0.3) is 10.1 Å². The summed E-state index contributed by atoms with van der Waals surface area (Å²) in [5.74, 6) is 0.143. The molecule has 3 aliphatic carbocycles. The molecule has 2 N–H and O–H groups in total. The van der Waals surface area contributed by atoms with Gasteiger partial charge in [0.2, 0.25) is 11.7 Å². The van der Waals surface area contributed by atoms with E-state index in [-0.39, 0.29) is 17.6 Å². The van der Waals surface area contributed by atoms with Gasteiger partial charge in [0, 0.05) is 55.3 Å². The second-order valence-corrected chi connectivity index (χ2v) is 14.8. The molecule has 2 fully saturated rings. The fourth-order valence-corrected chi connectivity index (χ4v) is 9.03. The number of amides is 1. The van der Waals surface area contributed by atoms with E-state index in [1.54, 1.807) is 6.92 Å². The van der Waals surface area contributed by atoms with E-state index in [4.69, 9.17) is 0 Å². The Kier molecular flexibility index (Phi) is 8.86. The third-order valence-corrected chi connectivity index (χ3v) is 12.0. The average molecular weight is 615 g/mol. The van der Waals surface area contributed by atoms with Gasteiger partial charge in [-0.25, -0.2) is 0 Å². The number of fused-ring (bicyclic) bond motifs is 9. The van der Waals surface area contributed by atoms with E-state index in [1.165, 1.54) is 16.9 Å². The van der Waals surface area contributed by atoms with Crippen LogP contribution in [0.4, 0.5) is 0 Å². The SMILES string of the molecule is CC(=O)N1CCN(CC2(O)CCC3c4ccc(cc4C(=O)c4cc5ccccc5s4)CC(O)CCC(C)=CCCC32C)CC1. The topological polar surface area (TPSA) is 81.1 Å². The van der Waals surface area contributed by atoms with Crippen LogP contribution in [0.5, 0.6) is 0 Å². The Bertz CT molecular complexity index is 1540. The first-order valence-corrected chi connectivity index (χ1v) is 17.1. The van der Waals surface area contributed by atoms with Crippen LogP contribution in [-0.4, -0.2) is 76.1 Å².